The highest BCUT2D eigenvalue weighted by Gasteiger charge is 2.31. The van der Waals surface area contributed by atoms with Gasteiger partial charge >= 0.3 is 0 Å². The van der Waals surface area contributed by atoms with Crippen molar-refractivity contribution in [3.8, 4) is 0 Å². The summed E-state index contributed by atoms with van der Waals surface area (Å²) in [6.45, 7) is 6.67. The molecule has 42 valence electrons. The van der Waals surface area contributed by atoms with E-state index in [1.165, 1.54) is 6.42 Å². The zero-order chi connectivity index (χ0) is 5.49. The molecule has 1 aliphatic rings. The molecule has 1 atom stereocenters. The fourth-order valence-electron chi connectivity index (χ4n) is 1.41. The largest absolute Gasteiger partial charge is 0.309 e. The second kappa shape index (κ2) is 1.22. The summed E-state index contributed by atoms with van der Waals surface area (Å²) in [5.41, 5.74) is 0.444. The predicted molar refractivity (Wildman–Crippen MR) is 31.3 cm³/mol. The van der Waals surface area contributed by atoms with Gasteiger partial charge in [-0.05, 0) is 27.2 Å². The van der Waals surface area contributed by atoms with Gasteiger partial charge in [0.15, 0.2) is 0 Å². The zero-order valence-corrected chi connectivity index (χ0v) is 5.28. The summed E-state index contributed by atoms with van der Waals surface area (Å²) in [6.07, 6.45) is 1.33. The maximum atomic E-state index is 3.38. The summed E-state index contributed by atoms with van der Waals surface area (Å²) in [5.74, 6) is 0. The van der Waals surface area contributed by atoms with Crippen LogP contribution in [0, 0.1) is 0 Å². The minimum Gasteiger partial charge on any atom is -0.309 e. The lowest BCUT2D eigenvalue weighted by Gasteiger charge is -2.42. The van der Waals surface area contributed by atoms with Gasteiger partial charge < -0.3 is 5.32 Å². The van der Waals surface area contributed by atoms with Crippen LogP contribution in [0.1, 0.15) is 27.2 Å². The third kappa shape index (κ3) is 0.942. The fourth-order valence-corrected chi connectivity index (χ4v) is 1.41. The first-order valence-electron chi connectivity index (χ1n) is 2.88. The molecule has 0 radical (unpaired) electrons. The maximum absolute atomic E-state index is 3.38. The van der Waals surface area contributed by atoms with Gasteiger partial charge in [0.25, 0.3) is 0 Å². The van der Waals surface area contributed by atoms with Gasteiger partial charge in [-0.2, -0.15) is 0 Å². The van der Waals surface area contributed by atoms with Crippen molar-refractivity contribution in [3.05, 3.63) is 0 Å². The van der Waals surface area contributed by atoms with Crippen LogP contribution in [0.3, 0.4) is 0 Å². The molecule has 1 heterocycles. The molecule has 0 aromatic heterocycles. The van der Waals surface area contributed by atoms with Crippen molar-refractivity contribution in [1.82, 2.24) is 5.32 Å². The van der Waals surface area contributed by atoms with Crippen molar-refractivity contribution in [2.45, 2.75) is 38.8 Å². The van der Waals surface area contributed by atoms with E-state index in [9.17, 15) is 0 Å². The Bertz CT molecular complexity index is 68.2. The SMILES string of the molecule is C[C@H]1CC(C)(C)N1. The molecule has 1 nitrogen and oxygen atoms in total. The van der Waals surface area contributed by atoms with E-state index in [1.807, 2.05) is 0 Å². The Labute approximate surface area is 45.1 Å². The highest BCUT2D eigenvalue weighted by atomic mass is 15.1. The molecule has 0 aliphatic carbocycles. The minimum atomic E-state index is 0.444. The van der Waals surface area contributed by atoms with Gasteiger partial charge in [-0.3, -0.25) is 0 Å². The molecule has 0 aromatic carbocycles. The van der Waals surface area contributed by atoms with Crippen LogP contribution >= 0.6 is 0 Å². The van der Waals surface area contributed by atoms with Crippen molar-refractivity contribution in [1.29, 1.82) is 0 Å². The average molecular weight is 99.2 g/mol. The van der Waals surface area contributed by atoms with Gasteiger partial charge in [0, 0.05) is 11.6 Å². The molecule has 0 amide bonds. The van der Waals surface area contributed by atoms with Gasteiger partial charge in [0.1, 0.15) is 0 Å². The van der Waals surface area contributed by atoms with Gasteiger partial charge in [0.05, 0.1) is 0 Å². The van der Waals surface area contributed by atoms with Crippen LogP contribution in [0.2, 0.25) is 0 Å². The fraction of sp³-hybridized carbons (Fsp3) is 1.00. The molecule has 0 unspecified atom stereocenters. The van der Waals surface area contributed by atoms with Crippen LogP contribution in [0.5, 0.6) is 0 Å². The van der Waals surface area contributed by atoms with Crippen LogP contribution < -0.4 is 5.32 Å². The molecule has 0 bridgehead atoms. The van der Waals surface area contributed by atoms with Crippen LogP contribution in [0.25, 0.3) is 0 Å². The molecule has 1 aliphatic heterocycles. The zero-order valence-electron chi connectivity index (χ0n) is 5.28. The molecule has 0 aromatic rings. The van der Waals surface area contributed by atoms with Gasteiger partial charge in [0.2, 0.25) is 0 Å². The standard InChI is InChI=1S/C6H13N/c1-5-4-6(2,3)7-5/h5,7H,4H2,1-3H3/t5-/m0/s1. The quantitative estimate of drug-likeness (QED) is 0.480. The van der Waals surface area contributed by atoms with E-state index >= 15 is 0 Å². The van der Waals surface area contributed by atoms with Gasteiger partial charge in [-0.1, -0.05) is 0 Å². The summed E-state index contributed by atoms with van der Waals surface area (Å²) in [5, 5.41) is 3.38. The highest BCUT2D eigenvalue weighted by molar-refractivity contribution is 4.93. The Morgan fingerprint density at radius 1 is 1.57 bits per heavy atom. The first-order valence-corrected chi connectivity index (χ1v) is 2.88. The molecule has 0 spiro atoms. The molecule has 1 fully saturated rings. The van der Waals surface area contributed by atoms with Gasteiger partial charge in [-0.25, -0.2) is 0 Å². The van der Waals surface area contributed by atoms with E-state index in [1.54, 1.807) is 0 Å². The highest BCUT2D eigenvalue weighted by Crippen LogP contribution is 2.21. The van der Waals surface area contributed by atoms with E-state index in [4.69, 9.17) is 0 Å². The number of hydrogen-bond donors (Lipinski definition) is 1. The number of hydrogen-bond acceptors (Lipinski definition) is 1. The Hall–Kier alpha value is -0.0400. The monoisotopic (exact) mass is 99.1 g/mol. The van der Waals surface area contributed by atoms with Crippen molar-refractivity contribution < 1.29 is 0 Å². The van der Waals surface area contributed by atoms with Crippen LogP contribution in [-0.4, -0.2) is 11.6 Å². The average Bonchev–Trinajstić information content (AvgIpc) is 1.27. The molecule has 7 heavy (non-hydrogen) atoms. The van der Waals surface area contributed by atoms with E-state index in [0.717, 1.165) is 6.04 Å². The first kappa shape index (κ1) is 5.10. The molecule has 1 saturated heterocycles. The molecular weight excluding hydrogens is 86.1 g/mol. The lowest BCUT2D eigenvalue weighted by Crippen LogP contribution is -2.58. The molecule has 1 rings (SSSR count). The van der Waals surface area contributed by atoms with Crippen molar-refractivity contribution in [2.75, 3.05) is 0 Å². The number of nitrogens with one attached hydrogen (secondary N) is 1. The molecule has 0 saturated carbocycles. The summed E-state index contributed by atoms with van der Waals surface area (Å²) in [4.78, 5) is 0. The van der Waals surface area contributed by atoms with E-state index in [2.05, 4.69) is 26.1 Å². The predicted octanol–water partition coefficient (Wildman–Crippen LogP) is 1.15. The second-order valence-electron chi connectivity index (χ2n) is 3.13. The summed E-state index contributed by atoms with van der Waals surface area (Å²) >= 11 is 0. The Balaban J connectivity index is 2.29. The molecule has 1 N–H and O–H groups in total. The topological polar surface area (TPSA) is 12.0 Å². The Morgan fingerprint density at radius 2 is 2.00 bits per heavy atom. The summed E-state index contributed by atoms with van der Waals surface area (Å²) in [7, 11) is 0. The minimum absolute atomic E-state index is 0.444. The second-order valence-corrected chi connectivity index (χ2v) is 3.13. The van der Waals surface area contributed by atoms with Gasteiger partial charge in [-0.15, -0.1) is 0 Å². The third-order valence-corrected chi connectivity index (χ3v) is 1.45. The summed E-state index contributed by atoms with van der Waals surface area (Å²) in [6, 6.07) is 0.759. The van der Waals surface area contributed by atoms with Crippen molar-refractivity contribution >= 4 is 0 Å². The Morgan fingerprint density at radius 3 is 2.00 bits per heavy atom. The van der Waals surface area contributed by atoms with Crippen LogP contribution in [0.4, 0.5) is 0 Å². The van der Waals surface area contributed by atoms with Crippen LogP contribution in [0.15, 0.2) is 0 Å². The van der Waals surface area contributed by atoms with Crippen LogP contribution in [-0.2, 0) is 0 Å². The normalized spacial score (nSPS) is 37.3. The van der Waals surface area contributed by atoms with Crippen molar-refractivity contribution in [3.63, 3.8) is 0 Å². The summed E-state index contributed by atoms with van der Waals surface area (Å²) < 4.78 is 0. The first-order chi connectivity index (χ1) is 3.10. The lowest BCUT2D eigenvalue weighted by atomic mass is 9.86. The Kier molecular flexibility index (Phi) is 0.890. The molecule has 1 heteroatoms. The van der Waals surface area contributed by atoms with E-state index in [0.29, 0.717) is 5.54 Å². The van der Waals surface area contributed by atoms with E-state index < -0.39 is 0 Å². The molecular formula is C6H13N. The smallest absolute Gasteiger partial charge is 0.0142 e. The third-order valence-electron chi connectivity index (χ3n) is 1.45. The van der Waals surface area contributed by atoms with E-state index in [-0.39, 0.29) is 0 Å². The number of rotatable bonds is 0. The van der Waals surface area contributed by atoms with Crippen molar-refractivity contribution in [2.24, 2.45) is 0 Å². The lowest BCUT2D eigenvalue weighted by molar-refractivity contribution is 0.189. The maximum Gasteiger partial charge on any atom is 0.0142 e.